The molecular formula is C17H23N3. The fourth-order valence-corrected chi connectivity index (χ4v) is 2.21. The summed E-state index contributed by atoms with van der Waals surface area (Å²) in [5.74, 6) is 0. The van der Waals surface area contributed by atoms with E-state index < -0.39 is 0 Å². The third kappa shape index (κ3) is 3.10. The number of benzene rings is 1. The van der Waals surface area contributed by atoms with Crippen LogP contribution in [0.15, 0.2) is 36.7 Å². The molecule has 0 radical (unpaired) electrons. The van der Waals surface area contributed by atoms with Crippen LogP contribution in [0.3, 0.4) is 0 Å². The van der Waals surface area contributed by atoms with Gasteiger partial charge in [-0.25, -0.2) is 0 Å². The Bertz CT molecular complexity index is 589. The molecule has 3 nitrogen and oxygen atoms in total. The van der Waals surface area contributed by atoms with Gasteiger partial charge in [0.05, 0.1) is 11.4 Å². The van der Waals surface area contributed by atoms with Crippen molar-refractivity contribution in [3.63, 3.8) is 0 Å². The van der Waals surface area contributed by atoms with Crippen LogP contribution in [0.4, 0.5) is 11.4 Å². The molecule has 0 spiro atoms. The van der Waals surface area contributed by atoms with E-state index in [4.69, 9.17) is 5.73 Å². The van der Waals surface area contributed by atoms with Crippen LogP contribution in [0.1, 0.15) is 30.5 Å². The van der Waals surface area contributed by atoms with E-state index in [0.717, 1.165) is 17.9 Å². The number of hydrogen-bond donors (Lipinski definition) is 2. The molecule has 0 saturated carbocycles. The van der Waals surface area contributed by atoms with Crippen LogP contribution in [0.2, 0.25) is 0 Å². The maximum Gasteiger partial charge on any atom is 0.0577 e. The molecule has 0 fully saturated rings. The first-order valence-corrected chi connectivity index (χ1v) is 6.91. The van der Waals surface area contributed by atoms with Gasteiger partial charge in [0.15, 0.2) is 0 Å². The molecule has 2 aromatic rings. The number of hydrogen-bond acceptors (Lipinski definition) is 3. The molecule has 1 aromatic heterocycles. The molecule has 106 valence electrons. The van der Waals surface area contributed by atoms with Crippen molar-refractivity contribution in [2.45, 2.75) is 33.1 Å². The van der Waals surface area contributed by atoms with Gasteiger partial charge in [0.1, 0.15) is 0 Å². The summed E-state index contributed by atoms with van der Waals surface area (Å²) >= 11 is 0. The van der Waals surface area contributed by atoms with Gasteiger partial charge in [0.25, 0.3) is 0 Å². The van der Waals surface area contributed by atoms with Gasteiger partial charge in [-0.1, -0.05) is 13.8 Å². The van der Waals surface area contributed by atoms with Crippen LogP contribution in [-0.2, 0) is 5.41 Å². The number of rotatable bonds is 4. The summed E-state index contributed by atoms with van der Waals surface area (Å²) in [6, 6.07) is 8.27. The molecule has 20 heavy (non-hydrogen) atoms. The van der Waals surface area contributed by atoms with Crippen molar-refractivity contribution in [3.05, 3.63) is 53.3 Å². The first-order chi connectivity index (χ1) is 9.40. The van der Waals surface area contributed by atoms with E-state index in [0.29, 0.717) is 0 Å². The molecule has 0 aliphatic carbocycles. The molecule has 2 rings (SSSR count). The van der Waals surface area contributed by atoms with Crippen LogP contribution in [0.25, 0.3) is 0 Å². The lowest BCUT2D eigenvalue weighted by molar-refractivity contribution is 0.556. The molecular weight excluding hydrogens is 246 g/mol. The smallest absolute Gasteiger partial charge is 0.0577 e. The summed E-state index contributed by atoms with van der Waals surface area (Å²) in [7, 11) is 0. The molecule has 0 amide bonds. The Labute approximate surface area is 121 Å². The zero-order valence-electron chi connectivity index (χ0n) is 12.7. The number of nitrogens with one attached hydrogen (secondary N) is 1. The van der Waals surface area contributed by atoms with Crippen LogP contribution in [0, 0.1) is 13.8 Å². The number of nitrogens with two attached hydrogens (primary N) is 1. The summed E-state index contributed by atoms with van der Waals surface area (Å²) in [4.78, 5) is 4.07. The number of aryl methyl sites for hydroxylation is 2. The maximum absolute atomic E-state index is 6.09. The van der Waals surface area contributed by atoms with Gasteiger partial charge in [-0.2, -0.15) is 0 Å². The second kappa shape index (κ2) is 5.53. The Balaban J connectivity index is 2.14. The second-order valence-corrected chi connectivity index (χ2v) is 6.00. The standard InChI is InChI=1S/C17H23N3/c1-12-9-15(18)16(10-13(12)2)20-11-17(3,4)14-5-7-19-8-6-14/h5-10,20H,11,18H2,1-4H3. The summed E-state index contributed by atoms with van der Waals surface area (Å²) in [6.45, 7) is 9.44. The van der Waals surface area contributed by atoms with E-state index >= 15 is 0 Å². The van der Waals surface area contributed by atoms with Crippen molar-refractivity contribution < 1.29 is 0 Å². The fourth-order valence-electron chi connectivity index (χ4n) is 2.21. The first kappa shape index (κ1) is 14.4. The topological polar surface area (TPSA) is 50.9 Å². The molecule has 1 heterocycles. The fraction of sp³-hybridized carbons (Fsp3) is 0.353. The maximum atomic E-state index is 6.09. The van der Waals surface area contributed by atoms with Gasteiger partial charge < -0.3 is 11.1 Å². The van der Waals surface area contributed by atoms with E-state index in [1.807, 2.05) is 18.5 Å². The van der Waals surface area contributed by atoms with Crippen LogP contribution < -0.4 is 11.1 Å². The Morgan fingerprint density at radius 2 is 1.70 bits per heavy atom. The third-order valence-corrected chi connectivity index (χ3v) is 3.85. The number of nitrogens with zero attached hydrogens (tertiary/aromatic N) is 1. The minimum atomic E-state index is 0.0220. The molecule has 1 aromatic carbocycles. The first-order valence-electron chi connectivity index (χ1n) is 6.91. The zero-order chi connectivity index (χ0) is 14.8. The molecule has 0 saturated heterocycles. The number of nitrogen functional groups attached to an aromatic ring is 1. The minimum absolute atomic E-state index is 0.0220. The lowest BCUT2D eigenvalue weighted by Gasteiger charge is -2.26. The summed E-state index contributed by atoms with van der Waals surface area (Å²) in [5, 5.41) is 3.47. The number of aromatic nitrogens is 1. The summed E-state index contributed by atoms with van der Waals surface area (Å²) < 4.78 is 0. The van der Waals surface area contributed by atoms with Crippen LogP contribution in [-0.4, -0.2) is 11.5 Å². The van der Waals surface area contributed by atoms with Crippen molar-refractivity contribution in [3.8, 4) is 0 Å². The van der Waals surface area contributed by atoms with Crippen molar-refractivity contribution >= 4 is 11.4 Å². The molecule has 0 aliphatic heterocycles. The summed E-state index contributed by atoms with van der Waals surface area (Å²) in [5.41, 5.74) is 11.7. The SMILES string of the molecule is Cc1cc(N)c(NCC(C)(C)c2ccncc2)cc1C. The molecule has 0 unspecified atom stereocenters. The lowest BCUT2D eigenvalue weighted by Crippen LogP contribution is -2.28. The van der Waals surface area contributed by atoms with Gasteiger partial charge in [-0.15, -0.1) is 0 Å². The highest BCUT2D eigenvalue weighted by Crippen LogP contribution is 2.27. The summed E-state index contributed by atoms with van der Waals surface area (Å²) in [6.07, 6.45) is 3.67. The van der Waals surface area contributed by atoms with Crippen molar-refractivity contribution in [2.24, 2.45) is 0 Å². The largest absolute Gasteiger partial charge is 0.397 e. The van der Waals surface area contributed by atoms with E-state index in [-0.39, 0.29) is 5.41 Å². The molecule has 0 aliphatic rings. The van der Waals surface area contributed by atoms with E-state index in [1.165, 1.54) is 16.7 Å². The third-order valence-electron chi connectivity index (χ3n) is 3.85. The zero-order valence-corrected chi connectivity index (χ0v) is 12.7. The van der Waals surface area contributed by atoms with Gasteiger partial charge in [0, 0.05) is 24.4 Å². The van der Waals surface area contributed by atoms with Gasteiger partial charge >= 0.3 is 0 Å². The highest BCUT2D eigenvalue weighted by atomic mass is 14.9. The number of anilines is 2. The van der Waals surface area contributed by atoms with Gasteiger partial charge in [-0.05, 0) is 54.8 Å². The average molecular weight is 269 g/mol. The van der Waals surface area contributed by atoms with Crippen LogP contribution in [0.5, 0.6) is 0 Å². The van der Waals surface area contributed by atoms with E-state index in [1.54, 1.807) is 0 Å². The minimum Gasteiger partial charge on any atom is -0.397 e. The van der Waals surface area contributed by atoms with E-state index in [9.17, 15) is 0 Å². The molecule has 0 atom stereocenters. The van der Waals surface area contributed by atoms with Crippen molar-refractivity contribution in [2.75, 3.05) is 17.6 Å². The monoisotopic (exact) mass is 269 g/mol. The highest BCUT2D eigenvalue weighted by molar-refractivity contribution is 5.68. The van der Waals surface area contributed by atoms with E-state index in [2.05, 4.69) is 56.2 Å². The van der Waals surface area contributed by atoms with Crippen LogP contribution >= 0.6 is 0 Å². The predicted molar refractivity (Wildman–Crippen MR) is 86.1 cm³/mol. The Morgan fingerprint density at radius 3 is 2.35 bits per heavy atom. The Kier molecular flexibility index (Phi) is 3.98. The Hall–Kier alpha value is -2.03. The highest BCUT2D eigenvalue weighted by Gasteiger charge is 2.20. The average Bonchev–Trinajstić information content (AvgIpc) is 2.42. The van der Waals surface area contributed by atoms with Crippen molar-refractivity contribution in [1.82, 2.24) is 4.98 Å². The Morgan fingerprint density at radius 1 is 1.10 bits per heavy atom. The quantitative estimate of drug-likeness (QED) is 0.833. The molecule has 0 bridgehead atoms. The molecule has 3 heteroatoms. The van der Waals surface area contributed by atoms with Crippen molar-refractivity contribution in [1.29, 1.82) is 0 Å². The normalized spacial score (nSPS) is 11.4. The predicted octanol–water partition coefficient (Wildman–Crippen LogP) is 3.67. The van der Waals surface area contributed by atoms with Gasteiger partial charge in [0.2, 0.25) is 0 Å². The lowest BCUT2D eigenvalue weighted by atomic mass is 9.85. The van der Waals surface area contributed by atoms with Gasteiger partial charge in [-0.3, -0.25) is 4.98 Å². The second-order valence-electron chi connectivity index (χ2n) is 6.00. The molecule has 3 N–H and O–H groups in total. The number of pyridine rings is 1.